The molecule has 1 saturated heterocycles. The standard InChI is InChI=1S/C14H17N5O2/c1-18-3-5-19(6-4-18)14-15-8-12(9-16-14)17-13(20)11-2-7-21-10-11/h2,7-10H,3-6H2,1H3,(H,17,20). The second kappa shape index (κ2) is 5.92. The van der Waals surface area contributed by atoms with Crippen molar-refractivity contribution in [3.05, 3.63) is 36.5 Å². The zero-order valence-electron chi connectivity index (χ0n) is 11.8. The summed E-state index contributed by atoms with van der Waals surface area (Å²) in [6.45, 7) is 3.83. The van der Waals surface area contributed by atoms with E-state index in [1.807, 2.05) is 0 Å². The maximum atomic E-state index is 11.9. The topological polar surface area (TPSA) is 74.5 Å². The van der Waals surface area contributed by atoms with Crippen LogP contribution in [0.2, 0.25) is 0 Å². The van der Waals surface area contributed by atoms with Gasteiger partial charge in [-0.05, 0) is 13.1 Å². The van der Waals surface area contributed by atoms with Crippen LogP contribution in [0.4, 0.5) is 11.6 Å². The van der Waals surface area contributed by atoms with Gasteiger partial charge in [0.25, 0.3) is 5.91 Å². The van der Waals surface area contributed by atoms with Gasteiger partial charge in [0, 0.05) is 26.2 Å². The highest BCUT2D eigenvalue weighted by Crippen LogP contribution is 2.13. The van der Waals surface area contributed by atoms with Crippen LogP contribution >= 0.6 is 0 Å². The summed E-state index contributed by atoms with van der Waals surface area (Å²) in [5.74, 6) is 0.462. The molecule has 0 radical (unpaired) electrons. The van der Waals surface area contributed by atoms with Crippen LogP contribution in [0, 0.1) is 0 Å². The molecular weight excluding hydrogens is 270 g/mol. The predicted octanol–water partition coefficient (Wildman–Crippen LogP) is 1.07. The van der Waals surface area contributed by atoms with Gasteiger partial charge >= 0.3 is 0 Å². The SMILES string of the molecule is CN1CCN(c2ncc(NC(=O)c3ccoc3)cn2)CC1. The van der Waals surface area contributed by atoms with Gasteiger partial charge in [-0.3, -0.25) is 4.79 Å². The summed E-state index contributed by atoms with van der Waals surface area (Å²) in [6, 6.07) is 1.61. The van der Waals surface area contributed by atoms with E-state index in [0.717, 1.165) is 26.2 Å². The Labute approximate surface area is 122 Å². The third kappa shape index (κ3) is 3.19. The number of likely N-dealkylation sites (N-methyl/N-ethyl adjacent to an activating group) is 1. The Morgan fingerprint density at radius 2 is 1.95 bits per heavy atom. The molecule has 1 fully saturated rings. The molecular formula is C14H17N5O2. The van der Waals surface area contributed by atoms with Gasteiger partial charge < -0.3 is 19.5 Å². The van der Waals surface area contributed by atoms with Crippen LogP contribution < -0.4 is 10.2 Å². The fourth-order valence-corrected chi connectivity index (χ4v) is 2.15. The van der Waals surface area contributed by atoms with E-state index >= 15 is 0 Å². The molecule has 2 aromatic rings. The van der Waals surface area contributed by atoms with Gasteiger partial charge in [-0.1, -0.05) is 0 Å². The summed E-state index contributed by atoms with van der Waals surface area (Å²) in [6.07, 6.45) is 6.11. The van der Waals surface area contributed by atoms with E-state index in [0.29, 0.717) is 17.2 Å². The van der Waals surface area contributed by atoms with Crippen molar-refractivity contribution in [1.29, 1.82) is 0 Å². The predicted molar refractivity (Wildman–Crippen MR) is 78.4 cm³/mol. The Morgan fingerprint density at radius 1 is 1.24 bits per heavy atom. The number of carbonyl (C=O) groups is 1. The first kappa shape index (κ1) is 13.6. The van der Waals surface area contributed by atoms with Crippen molar-refractivity contribution in [2.45, 2.75) is 0 Å². The molecule has 0 aromatic carbocycles. The number of nitrogens with zero attached hydrogens (tertiary/aromatic N) is 4. The quantitative estimate of drug-likeness (QED) is 0.910. The molecule has 0 aliphatic carbocycles. The summed E-state index contributed by atoms with van der Waals surface area (Å²) >= 11 is 0. The summed E-state index contributed by atoms with van der Waals surface area (Å²) in [4.78, 5) is 24.9. The van der Waals surface area contributed by atoms with E-state index in [2.05, 4.69) is 32.1 Å². The van der Waals surface area contributed by atoms with Crippen molar-refractivity contribution in [3.8, 4) is 0 Å². The van der Waals surface area contributed by atoms with E-state index < -0.39 is 0 Å². The molecule has 0 atom stereocenters. The summed E-state index contributed by atoms with van der Waals surface area (Å²) in [5.41, 5.74) is 1.04. The molecule has 0 bridgehead atoms. The number of anilines is 2. The van der Waals surface area contributed by atoms with E-state index in [1.54, 1.807) is 18.5 Å². The average molecular weight is 287 g/mol. The van der Waals surface area contributed by atoms with Crippen molar-refractivity contribution in [3.63, 3.8) is 0 Å². The first-order chi connectivity index (χ1) is 10.2. The normalized spacial score (nSPS) is 16.0. The lowest BCUT2D eigenvalue weighted by Crippen LogP contribution is -2.45. The number of carbonyl (C=O) groups excluding carboxylic acids is 1. The average Bonchev–Trinajstić information content (AvgIpc) is 3.03. The molecule has 0 saturated carbocycles. The molecule has 1 amide bonds. The number of aromatic nitrogens is 2. The molecule has 1 aliphatic heterocycles. The Hall–Kier alpha value is -2.41. The molecule has 110 valence electrons. The molecule has 3 heterocycles. The van der Waals surface area contributed by atoms with Crippen molar-refractivity contribution >= 4 is 17.5 Å². The fourth-order valence-electron chi connectivity index (χ4n) is 2.15. The largest absolute Gasteiger partial charge is 0.472 e. The molecule has 7 heteroatoms. The van der Waals surface area contributed by atoms with E-state index in [9.17, 15) is 4.79 Å². The number of amides is 1. The van der Waals surface area contributed by atoms with E-state index in [-0.39, 0.29) is 5.91 Å². The van der Waals surface area contributed by atoms with Crippen LogP contribution in [0.3, 0.4) is 0 Å². The van der Waals surface area contributed by atoms with Gasteiger partial charge in [0.1, 0.15) is 6.26 Å². The number of piperazine rings is 1. The molecule has 3 rings (SSSR count). The number of nitrogens with one attached hydrogen (secondary N) is 1. The molecule has 0 unspecified atom stereocenters. The Morgan fingerprint density at radius 3 is 2.57 bits per heavy atom. The van der Waals surface area contributed by atoms with Crippen molar-refractivity contribution in [1.82, 2.24) is 14.9 Å². The monoisotopic (exact) mass is 287 g/mol. The van der Waals surface area contributed by atoms with Gasteiger partial charge in [-0.2, -0.15) is 0 Å². The van der Waals surface area contributed by atoms with Gasteiger partial charge in [-0.15, -0.1) is 0 Å². The Kier molecular flexibility index (Phi) is 3.83. The van der Waals surface area contributed by atoms with Crippen LogP contribution in [0.5, 0.6) is 0 Å². The van der Waals surface area contributed by atoms with Crippen LogP contribution in [0.1, 0.15) is 10.4 Å². The summed E-state index contributed by atoms with van der Waals surface area (Å²) in [7, 11) is 2.10. The van der Waals surface area contributed by atoms with Crippen LogP contribution in [0.25, 0.3) is 0 Å². The smallest absolute Gasteiger partial charge is 0.258 e. The Balaban J connectivity index is 1.63. The molecule has 2 aromatic heterocycles. The third-order valence-corrected chi connectivity index (χ3v) is 3.47. The minimum absolute atomic E-state index is 0.236. The highest BCUT2D eigenvalue weighted by Gasteiger charge is 2.16. The van der Waals surface area contributed by atoms with Crippen LogP contribution in [-0.4, -0.2) is 54.0 Å². The molecule has 21 heavy (non-hydrogen) atoms. The summed E-state index contributed by atoms with van der Waals surface area (Å²) < 4.78 is 4.88. The summed E-state index contributed by atoms with van der Waals surface area (Å²) in [5, 5.41) is 2.73. The van der Waals surface area contributed by atoms with Crippen molar-refractivity contribution in [2.24, 2.45) is 0 Å². The lowest BCUT2D eigenvalue weighted by Gasteiger charge is -2.32. The van der Waals surface area contributed by atoms with Gasteiger partial charge in [0.15, 0.2) is 0 Å². The number of hydrogen-bond donors (Lipinski definition) is 1. The number of rotatable bonds is 3. The van der Waals surface area contributed by atoms with Crippen molar-refractivity contribution in [2.75, 3.05) is 43.4 Å². The van der Waals surface area contributed by atoms with Gasteiger partial charge in [-0.25, -0.2) is 9.97 Å². The lowest BCUT2D eigenvalue weighted by atomic mass is 10.3. The van der Waals surface area contributed by atoms with E-state index in [1.165, 1.54) is 12.5 Å². The van der Waals surface area contributed by atoms with Crippen LogP contribution in [-0.2, 0) is 0 Å². The molecule has 7 nitrogen and oxygen atoms in total. The highest BCUT2D eigenvalue weighted by atomic mass is 16.3. The zero-order chi connectivity index (χ0) is 14.7. The first-order valence-electron chi connectivity index (χ1n) is 6.81. The second-order valence-electron chi connectivity index (χ2n) is 5.03. The maximum absolute atomic E-state index is 11.9. The van der Waals surface area contributed by atoms with Crippen molar-refractivity contribution < 1.29 is 9.21 Å². The molecule has 1 N–H and O–H groups in total. The maximum Gasteiger partial charge on any atom is 0.258 e. The van der Waals surface area contributed by atoms with Gasteiger partial charge in [0.2, 0.25) is 5.95 Å². The van der Waals surface area contributed by atoms with Gasteiger partial charge in [0.05, 0.1) is 29.9 Å². The lowest BCUT2D eigenvalue weighted by molar-refractivity contribution is 0.102. The van der Waals surface area contributed by atoms with E-state index in [4.69, 9.17) is 4.42 Å². The highest BCUT2D eigenvalue weighted by molar-refractivity contribution is 6.03. The first-order valence-corrected chi connectivity index (χ1v) is 6.81. The number of furan rings is 1. The minimum Gasteiger partial charge on any atom is -0.472 e. The third-order valence-electron chi connectivity index (χ3n) is 3.47. The zero-order valence-corrected chi connectivity index (χ0v) is 11.8. The molecule has 0 spiro atoms. The Bertz CT molecular complexity index is 588. The van der Waals surface area contributed by atoms with Crippen LogP contribution in [0.15, 0.2) is 35.4 Å². The molecule has 1 aliphatic rings. The fraction of sp³-hybridized carbons (Fsp3) is 0.357. The minimum atomic E-state index is -0.236. The number of hydrogen-bond acceptors (Lipinski definition) is 6. The second-order valence-corrected chi connectivity index (χ2v) is 5.03.